The third kappa shape index (κ3) is 2.61. The average molecular weight is 254 g/mol. The predicted molar refractivity (Wildman–Crippen MR) is 75.3 cm³/mol. The normalized spacial score (nSPS) is 13.9. The molecule has 0 spiro atoms. The molecular weight excluding hydrogens is 236 g/mol. The molecule has 1 aromatic carbocycles. The average Bonchev–Trinajstić information content (AvgIpc) is 2.48. The molecule has 3 heteroatoms. The first kappa shape index (κ1) is 12.2. The zero-order chi connectivity index (χ0) is 13.1. The maximum absolute atomic E-state index is 5.92. The Bertz CT molecular complexity index is 581. The standard InChI is InChI=1S/C16H18N2O/c17-10-14-7-8-18-11-16(14)19-15-6-5-12-3-1-2-4-13(12)9-15/h5-9,11H,1-4,10,17H2. The third-order valence-electron chi connectivity index (χ3n) is 3.64. The van der Waals surface area contributed by atoms with Gasteiger partial charge in [-0.05, 0) is 55.0 Å². The van der Waals surface area contributed by atoms with Gasteiger partial charge in [-0.1, -0.05) is 6.07 Å². The topological polar surface area (TPSA) is 48.1 Å². The minimum absolute atomic E-state index is 0.461. The summed E-state index contributed by atoms with van der Waals surface area (Å²) >= 11 is 0. The van der Waals surface area contributed by atoms with E-state index in [0.29, 0.717) is 6.54 Å². The molecule has 1 aromatic heterocycles. The minimum atomic E-state index is 0.461. The van der Waals surface area contributed by atoms with Crippen LogP contribution in [0, 0.1) is 0 Å². The number of aromatic nitrogens is 1. The van der Waals surface area contributed by atoms with Gasteiger partial charge in [0.25, 0.3) is 0 Å². The molecule has 0 amide bonds. The second-order valence-corrected chi connectivity index (χ2v) is 4.93. The number of hydrogen-bond donors (Lipinski definition) is 1. The molecule has 98 valence electrons. The van der Waals surface area contributed by atoms with E-state index in [-0.39, 0.29) is 0 Å². The molecule has 0 bridgehead atoms. The number of hydrogen-bond acceptors (Lipinski definition) is 3. The van der Waals surface area contributed by atoms with Gasteiger partial charge in [0.2, 0.25) is 0 Å². The van der Waals surface area contributed by atoms with Crippen LogP contribution in [-0.2, 0) is 19.4 Å². The lowest BCUT2D eigenvalue weighted by molar-refractivity contribution is 0.472. The van der Waals surface area contributed by atoms with Crippen LogP contribution in [0.1, 0.15) is 29.5 Å². The van der Waals surface area contributed by atoms with Gasteiger partial charge in [0.1, 0.15) is 11.5 Å². The fourth-order valence-corrected chi connectivity index (χ4v) is 2.57. The SMILES string of the molecule is NCc1ccncc1Oc1ccc2c(c1)CCCC2. The second-order valence-electron chi connectivity index (χ2n) is 4.93. The van der Waals surface area contributed by atoms with Crippen LogP contribution in [0.2, 0.25) is 0 Å². The lowest BCUT2D eigenvalue weighted by Gasteiger charge is -2.17. The molecular formula is C16H18N2O. The van der Waals surface area contributed by atoms with Gasteiger partial charge in [-0.15, -0.1) is 0 Å². The Kier molecular flexibility index (Phi) is 3.47. The van der Waals surface area contributed by atoms with Crippen molar-refractivity contribution in [3.8, 4) is 11.5 Å². The summed E-state index contributed by atoms with van der Waals surface area (Å²) in [5.41, 5.74) is 9.57. The quantitative estimate of drug-likeness (QED) is 0.915. The molecule has 0 saturated carbocycles. The Labute approximate surface area is 113 Å². The van der Waals surface area contributed by atoms with Crippen molar-refractivity contribution in [3.05, 3.63) is 53.3 Å². The Morgan fingerprint density at radius 1 is 1.11 bits per heavy atom. The number of benzene rings is 1. The molecule has 3 nitrogen and oxygen atoms in total. The van der Waals surface area contributed by atoms with E-state index in [4.69, 9.17) is 10.5 Å². The van der Waals surface area contributed by atoms with Crippen LogP contribution in [0.3, 0.4) is 0 Å². The molecule has 1 aliphatic rings. The first-order valence-electron chi connectivity index (χ1n) is 6.79. The van der Waals surface area contributed by atoms with Gasteiger partial charge < -0.3 is 10.5 Å². The molecule has 1 heterocycles. The van der Waals surface area contributed by atoms with Crippen molar-refractivity contribution in [2.75, 3.05) is 0 Å². The van der Waals surface area contributed by atoms with Crippen LogP contribution in [-0.4, -0.2) is 4.98 Å². The molecule has 0 saturated heterocycles. The van der Waals surface area contributed by atoms with Crippen molar-refractivity contribution in [3.63, 3.8) is 0 Å². The summed E-state index contributed by atoms with van der Waals surface area (Å²) in [6, 6.07) is 8.27. The lowest BCUT2D eigenvalue weighted by atomic mass is 9.92. The van der Waals surface area contributed by atoms with Crippen LogP contribution in [0.25, 0.3) is 0 Å². The fourth-order valence-electron chi connectivity index (χ4n) is 2.57. The summed E-state index contributed by atoms with van der Waals surface area (Å²) in [4.78, 5) is 4.10. The molecule has 0 unspecified atom stereocenters. The summed E-state index contributed by atoms with van der Waals surface area (Å²) in [5, 5.41) is 0. The monoisotopic (exact) mass is 254 g/mol. The van der Waals surface area contributed by atoms with Gasteiger partial charge in [0.15, 0.2) is 0 Å². The summed E-state index contributed by atoms with van der Waals surface area (Å²) in [6.07, 6.45) is 8.38. The van der Waals surface area contributed by atoms with E-state index in [1.807, 2.05) is 12.1 Å². The highest BCUT2D eigenvalue weighted by atomic mass is 16.5. The molecule has 0 radical (unpaired) electrons. The van der Waals surface area contributed by atoms with Crippen molar-refractivity contribution < 1.29 is 4.74 Å². The largest absolute Gasteiger partial charge is 0.455 e. The highest BCUT2D eigenvalue weighted by Crippen LogP contribution is 2.29. The van der Waals surface area contributed by atoms with E-state index < -0.39 is 0 Å². The number of fused-ring (bicyclic) bond motifs is 1. The van der Waals surface area contributed by atoms with Gasteiger partial charge in [0, 0.05) is 18.3 Å². The van der Waals surface area contributed by atoms with Crippen molar-refractivity contribution in [1.82, 2.24) is 4.98 Å². The lowest BCUT2D eigenvalue weighted by Crippen LogP contribution is -2.03. The number of ether oxygens (including phenoxy) is 1. The first-order valence-corrected chi connectivity index (χ1v) is 6.79. The number of rotatable bonds is 3. The maximum atomic E-state index is 5.92. The maximum Gasteiger partial charge on any atom is 0.150 e. The van der Waals surface area contributed by atoms with Gasteiger partial charge in [-0.3, -0.25) is 4.98 Å². The zero-order valence-electron chi connectivity index (χ0n) is 10.9. The number of aryl methyl sites for hydroxylation is 2. The Balaban J connectivity index is 1.87. The van der Waals surface area contributed by atoms with E-state index in [0.717, 1.165) is 23.5 Å². The van der Waals surface area contributed by atoms with Crippen LogP contribution < -0.4 is 10.5 Å². The number of nitrogens with zero attached hydrogens (tertiary/aromatic N) is 1. The van der Waals surface area contributed by atoms with Gasteiger partial charge in [0.05, 0.1) is 6.20 Å². The van der Waals surface area contributed by atoms with E-state index in [9.17, 15) is 0 Å². The molecule has 1 aliphatic carbocycles. The number of nitrogens with two attached hydrogens (primary N) is 1. The predicted octanol–water partition coefficient (Wildman–Crippen LogP) is 3.21. The summed E-state index contributed by atoms with van der Waals surface area (Å²) in [6.45, 7) is 0.461. The molecule has 2 N–H and O–H groups in total. The zero-order valence-corrected chi connectivity index (χ0v) is 10.9. The Hall–Kier alpha value is -1.87. The molecule has 0 aliphatic heterocycles. The van der Waals surface area contributed by atoms with Crippen molar-refractivity contribution in [1.29, 1.82) is 0 Å². The van der Waals surface area contributed by atoms with Crippen LogP contribution in [0.15, 0.2) is 36.7 Å². The summed E-state index contributed by atoms with van der Waals surface area (Å²) in [7, 11) is 0. The fraction of sp³-hybridized carbons (Fsp3) is 0.312. The van der Waals surface area contributed by atoms with E-state index in [1.165, 1.54) is 30.4 Å². The summed E-state index contributed by atoms with van der Waals surface area (Å²) < 4.78 is 5.92. The van der Waals surface area contributed by atoms with Crippen molar-refractivity contribution >= 4 is 0 Å². The van der Waals surface area contributed by atoms with Crippen LogP contribution in [0.5, 0.6) is 11.5 Å². The summed E-state index contributed by atoms with van der Waals surface area (Å²) in [5.74, 6) is 1.63. The van der Waals surface area contributed by atoms with Crippen LogP contribution >= 0.6 is 0 Å². The van der Waals surface area contributed by atoms with E-state index in [1.54, 1.807) is 12.4 Å². The van der Waals surface area contributed by atoms with E-state index in [2.05, 4.69) is 17.1 Å². The van der Waals surface area contributed by atoms with Crippen LogP contribution in [0.4, 0.5) is 0 Å². The van der Waals surface area contributed by atoms with Gasteiger partial charge >= 0.3 is 0 Å². The first-order chi connectivity index (χ1) is 9.36. The highest BCUT2D eigenvalue weighted by molar-refractivity contribution is 5.41. The van der Waals surface area contributed by atoms with Crippen molar-refractivity contribution in [2.24, 2.45) is 5.73 Å². The molecule has 3 rings (SSSR count). The molecule has 0 atom stereocenters. The van der Waals surface area contributed by atoms with Gasteiger partial charge in [-0.25, -0.2) is 0 Å². The third-order valence-corrected chi connectivity index (χ3v) is 3.64. The smallest absolute Gasteiger partial charge is 0.150 e. The van der Waals surface area contributed by atoms with E-state index >= 15 is 0 Å². The molecule has 19 heavy (non-hydrogen) atoms. The molecule has 0 fully saturated rings. The van der Waals surface area contributed by atoms with Crippen molar-refractivity contribution in [2.45, 2.75) is 32.2 Å². The minimum Gasteiger partial charge on any atom is -0.455 e. The Morgan fingerprint density at radius 3 is 2.79 bits per heavy atom. The molecule has 2 aromatic rings. The highest BCUT2D eigenvalue weighted by Gasteiger charge is 2.11. The van der Waals surface area contributed by atoms with Gasteiger partial charge in [-0.2, -0.15) is 0 Å². The second kappa shape index (κ2) is 5.41. The number of pyridine rings is 1. The Morgan fingerprint density at radius 2 is 1.95 bits per heavy atom.